The SMILES string of the molecule is CCCCCCCCCCCCCCCCC(=O)O[C@H](COC(=O)CCCCCCCCCCCCCCC)COP(=O)(O)OC[C@H](O)COP(=O)(O)OC[C@@H](COC(=O)CCCCCCCCCCCCCCCCC(C)CC)OC(=O)CCCCCCCCCCCCCCCCCCCCC(C)CC. The molecule has 0 aliphatic heterocycles. The van der Waals surface area contributed by atoms with Crippen molar-refractivity contribution >= 4 is 39.5 Å². The van der Waals surface area contributed by atoms with Crippen LogP contribution in [0.25, 0.3) is 0 Å². The van der Waals surface area contributed by atoms with Gasteiger partial charge in [-0.05, 0) is 37.5 Å². The Balaban J connectivity index is 5.25. The molecule has 0 aliphatic carbocycles. The molecular weight excluding hydrogens is 1390 g/mol. The number of hydrogen-bond acceptors (Lipinski definition) is 15. The minimum atomic E-state index is -4.97. The van der Waals surface area contributed by atoms with Gasteiger partial charge in [-0.15, -0.1) is 0 Å². The molecule has 0 bridgehead atoms. The normalized spacial score (nSPS) is 14.3. The smallest absolute Gasteiger partial charge is 0.462 e. The second kappa shape index (κ2) is 79.3. The first-order valence-electron chi connectivity index (χ1n) is 45.6. The molecule has 0 heterocycles. The van der Waals surface area contributed by atoms with Crippen LogP contribution in [0.5, 0.6) is 0 Å². The minimum Gasteiger partial charge on any atom is -0.462 e. The number of aliphatic hydroxyl groups excluding tert-OH is 1. The molecule has 17 nitrogen and oxygen atoms in total. The average molecular weight is 1560 g/mol. The lowest BCUT2D eigenvalue weighted by molar-refractivity contribution is -0.161. The fourth-order valence-corrected chi connectivity index (χ4v) is 15.3. The zero-order valence-corrected chi connectivity index (χ0v) is 72.2. The van der Waals surface area contributed by atoms with Crippen LogP contribution in [0.3, 0.4) is 0 Å². The standard InChI is InChI=1S/C88H172O17P2/c1-7-11-13-15-17-19-21-23-35-42-48-54-60-66-72-87(92)104-83(76-98-85(90)70-64-58-52-46-40-32-22-20-18-16-14-12-8-2)78-102-106(94,95)100-74-82(89)75-101-107(96,97)103-79-84(77-99-86(91)71-65-59-53-47-41-36-31-30-34-39-45-51-57-63-69-81(6)10-4)105-88(93)73-67-61-55-49-43-37-29-27-25-24-26-28-33-38-44-50-56-62-68-80(5)9-3/h80-84,89H,7-79H2,1-6H3,(H,94,95)(H,96,97)/t80?,81?,82-,83+,84+/m0/s1. The fourth-order valence-electron chi connectivity index (χ4n) is 13.7. The third kappa shape index (κ3) is 79.1. The Morgan fingerprint density at radius 2 is 0.449 bits per heavy atom. The fraction of sp³-hybridized carbons (Fsp3) is 0.955. The van der Waals surface area contributed by atoms with E-state index in [4.69, 9.17) is 37.0 Å². The summed E-state index contributed by atoms with van der Waals surface area (Å²) in [7, 11) is -9.93. The third-order valence-corrected chi connectivity index (χ3v) is 23.3. The summed E-state index contributed by atoms with van der Waals surface area (Å²) in [6.07, 6.45) is 72.0. The molecule has 0 aromatic rings. The molecule has 0 aromatic carbocycles. The number of unbranched alkanes of at least 4 members (excludes halogenated alkanes) is 55. The van der Waals surface area contributed by atoms with Crippen LogP contribution in [0.4, 0.5) is 0 Å². The summed E-state index contributed by atoms with van der Waals surface area (Å²) < 4.78 is 69.0. The van der Waals surface area contributed by atoms with Crippen LogP contribution in [0, 0.1) is 11.8 Å². The zero-order valence-electron chi connectivity index (χ0n) is 70.5. The number of rotatable bonds is 87. The quantitative estimate of drug-likeness (QED) is 0.0222. The lowest BCUT2D eigenvalue weighted by Crippen LogP contribution is -2.30. The van der Waals surface area contributed by atoms with Crippen molar-refractivity contribution in [3.63, 3.8) is 0 Å². The molecule has 0 fully saturated rings. The van der Waals surface area contributed by atoms with Crippen LogP contribution < -0.4 is 0 Å². The molecule has 4 unspecified atom stereocenters. The van der Waals surface area contributed by atoms with Crippen molar-refractivity contribution in [2.75, 3.05) is 39.6 Å². The molecule has 0 rings (SSSR count). The largest absolute Gasteiger partial charge is 0.472 e. The summed E-state index contributed by atoms with van der Waals surface area (Å²) in [5.41, 5.74) is 0. The van der Waals surface area contributed by atoms with Gasteiger partial charge in [0.2, 0.25) is 0 Å². The van der Waals surface area contributed by atoms with Crippen LogP contribution in [0.2, 0.25) is 0 Å². The Hall–Kier alpha value is -1.94. The summed E-state index contributed by atoms with van der Waals surface area (Å²) in [5.74, 6) is -0.376. The minimum absolute atomic E-state index is 0.109. The zero-order chi connectivity index (χ0) is 78.5. The first-order valence-corrected chi connectivity index (χ1v) is 48.6. The molecule has 0 saturated carbocycles. The van der Waals surface area contributed by atoms with Gasteiger partial charge in [0.15, 0.2) is 12.2 Å². The Morgan fingerprint density at radius 3 is 0.664 bits per heavy atom. The van der Waals surface area contributed by atoms with Gasteiger partial charge < -0.3 is 33.8 Å². The van der Waals surface area contributed by atoms with E-state index >= 15 is 0 Å². The summed E-state index contributed by atoms with van der Waals surface area (Å²) in [5, 5.41) is 10.7. The molecule has 0 saturated heterocycles. The lowest BCUT2D eigenvalue weighted by Gasteiger charge is -2.21. The number of aliphatic hydroxyl groups is 1. The van der Waals surface area contributed by atoms with Crippen molar-refractivity contribution < 1.29 is 80.2 Å². The van der Waals surface area contributed by atoms with E-state index in [2.05, 4.69) is 41.5 Å². The predicted octanol–water partition coefficient (Wildman–Crippen LogP) is 27.0. The van der Waals surface area contributed by atoms with E-state index in [9.17, 15) is 43.2 Å². The molecule has 19 heteroatoms. The summed E-state index contributed by atoms with van der Waals surface area (Å²) in [4.78, 5) is 73.3. The van der Waals surface area contributed by atoms with E-state index < -0.39 is 97.5 Å². The maximum Gasteiger partial charge on any atom is 0.472 e. The van der Waals surface area contributed by atoms with E-state index in [1.807, 2.05) is 0 Å². The van der Waals surface area contributed by atoms with E-state index in [0.717, 1.165) is 102 Å². The van der Waals surface area contributed by atoms with Gasteiger partial charge in [0, 0.05) is 25.7 Å². The molecule has 0 spiro atoms. The highest BCUT2D eigenvalue weighted by Crippen LogP contribution is 2.45. The highest BCUT2D eigenvalue weighted by atomic mass is 31.2. The average Bonchev–Trinajstić information content (AvgIpc) is 0.902. The molecule has 7 atom stereocenters. The van der Waals surface area contributed by atoms with Gasteiger partial charge in [-0.25, -0.2) is 9.13 Å². The lowest BCUT2D eigenvalue weighted by atomic mass is 9.99. The van der Waals surface area contributed by atoms with Gasteiger partial charge >= 0.3 is 39.5 Å². The van der Waals surface area contributed by atoms with Crippen LogP contribution in [0.15, 0.2) is 0 Å². The highest BCUT2D eigenvalue weighted by molar-refractivity contribution is 7.47. The predicted molar refractivity (Wildman–Crippen MR) is 442 cm³/mol. The van der Waals surface area contributed by atoms with Gasteiger partial charge in [0.1, 0.15) is 19.3 Å². The van der Waals surface area contributed by atoms with E-state index in [0.29, 0.717) is 25.7 Å². The monoisotopic (exact) mass is 1560 g/mol. The van der Waals surface area contributed by atoms with Gasteiger partial charge in [0.25, 0.3) is 0 Å². The number of carbonyl (C=O) groups excluding carboxylic acids is 4. The van der Waals surface area contributed by atoms with Gasteiger partial charge in [-0.3, -0.25) is 37.3 Å². The molecular formula is C88H172O17P2. The van der Waals surface area contributed by atoms with Crippen molar-refractivity contribution in [1.82, 2.24) is 0 Å². The first-order chi connectivity index (χ1) is 51.9. The Kier molecular flexibility index (Phi) is 77.9. The Morgan fingerprint density at radius 1 is 0.262 bits per heavy atom. The molecule has 636 valence electrons. The van der Waals surface area contributed by atoms with Crippen molar-refractivity contribution in [2.45, 2.75) is 490 Å². The molecule has 0 aromatic heterocycles. The highest BCUT2D eigenvalue weighted by Gasteiger charge is 2.31. The van der Waals surface area contributed by atoms with E-state index in [-0.39, 0.29) is 25.7 Å². The number of phosphoric acid groups is 2. The summed E-state index contributed by atoms with van der Waals surface area (Å²) in [6.45, 7) is 9.81. The van der Waals surface area contributed by atoms with Gasteiger partial charge in [0.05, 0.1) is 26.4 Å². The van der Waals surface area contributed by atoms with Crippen LogP contribution >= 0.6 is 15.6 Å². The Labute approximate surface area is 658 Å². The second-order valence-corrected chi connectivity index (χ2v) is 35.0. The van der Waals surface area contributed by atoms with Crippen molar-refractivity contribution in [3.05, 3.63) is 0 Å². The third-order valence-electron chi connectivity index (χ3n) is 21.4. The molecule has 0 amide bonds. The molecule has 0 radical (unpaired) electrons. The number of esters is 4. The first kappa shape index (κ1) is 105. The topological polar surface area (TPSA) is 237 Å². The van der Waals surface area contributed by atoms with Crippen LogP contribution in [0.1, 0.15) is 472 Å². The molecule has 107 heavy (non-hydrogen) atoms. The summed E-state index contributed by atoms with van der Waals surface area (Å²) >= 11 is 0. The summed E-state index contributed by atoms with van der Waals surface area (Å²) in [6, 6.07) is 0. The maximum absolute atomic E-state index is 13.2. The number of ether oxygens (including phenoxy) is 4. The second-order valence-electron chi connectivity index (χ2n) is 32.1. The van der Waals surface area contributed by atoms with Gasteiger partial charge in [-0.1, -0.05) is 420 Å². The van der Waals surface area contributed by atoms with Crippen molar-refractivity contribution in [2.24, 2.45) is 11.8 Å². The van der Waals surface area contributed by atoms with Crippen LogP contribution in [-0.4, -0.2) is 96.7 Å². The van der Waals surface area contributed by atoms with Crippen molar-refractivity contribution in [3.8, 4) is 0 Å². The van der Waals surface area contributed by atoms with Crippen molar-refractivity contribution in [1.29, 1.82) is 0 Å². The molecule has 3 N–H and O–H groups in total. The van der Waals surface area contributed by atoms with Crippen LogP contribution in [-0.2, 0) is 65.4 Å². The maximum atomic E-state index is 13.2. The van der Waals surface area contributed by atoms with E-state index in [1.165, 1.54) is 289 Å². The van der Waals surface area contributed by atoms with Gasteiger partial charge in [-0.2, -0.15) is 0 Å². The number of carbonyl (C=O) groups is 4. The number of phosphoric ester groups is 2. The molecule has 0 aliphatic rings. The number of hydrogen-bond donors (Lipinski definition) is 3. The van der Waals surface area contributed by atoms with E-state index in [1.54, 1.807) is 0 Å². The Bertz CT molecular complexity index is 2050.